The monoisotopic (exact) mass is 515 g/mol. The van der Waals surface area contributed by atoms with E-state index in [9.17, 15) is 0 Å². The SMILES string of the molecule is CN=C(NCC(C)Oc1ccccc1OC)NC1C2CCOC2C12CCCC2.I. The third-order valence-corrected chi connectivity index (χ3v) is 6.76. The van der Waals surface area contributed by atoms with E-state index in [1.807, 2.05) is 31.3 Å². The van der Waals surface area contributed by atoms with Gasteiger partial charge in [-0.15, -0.1) is 24.0 Å². The zero-order chi connectivity index (χ0) is 19.6. The summed E-state index contributed by atoms with van der Waals surface area (Å²) in [5.74, 6) is 3.00. The number of methoxy groups -OCH3 is 1. The van der Waals surface area contributed by atoms with E-state index < -0.39 is 0 Å². The molecule has 1 aromatic carbocycles. The van der Waals surface area contributed by atoms with E-state index in [2.05, 4.69) is 22.5 Å². The van der Waals surface area contributed by atoms with Crippen LogP contribution in [0, 0.1) is 11.3 Å². The topological polar surface area (TPSA) is 64.1 Å². The zero-order valence-electron chi connectivity index (χ0n) is 17.6. The lowest BCUT2D eigenvalue weighted by molar-refractivity contribution is -0.125. The van der Waals surface area contributed by atoms with E-state index in [0.29, 0.717) is 30.0 Å². The van der Waals surface area contributed by atoms with Gasteiger partial charge in [0.05, 0.1) is 19.8 Å². The molecular formula is C22H34IN3O3. The fourth-order valence-corrected chi connectivity index (χ4v) is 5.46. The van der Waals surface area contributed by atoms with Gasteiger partial charge in [0, 0.05) is 31.0 Å². The molecule has 4 atom stereocenters. The summed E-state index contributed by atoms with van der Waals surface area (Å²) in [5.41, 5.74) is 0.318. The molecule has 2 aliphatic carbocycles. The van der Waals surface area contributed by atoms with Crippen molar-refractivity contribution in [3.63, 3.8) is 0 Å². The molecule has 0 aromatic heterocycles. The molecule has 3 aliphatic rings. The fourth-order valence-electron chi connectivity index (χ4n) is 5.46. The summed E-state index contributed by atoms with van der Waals surface area (Å²) in [6, 6.07) is 8.21. The Hall–Kier alpha value is -1.22. The van der Waals surface area contributed by atoms with E-state index in [-0.39, 0.29) is 30.1 Å². The first-order valence-corrected chi connectivity index (χ1v) is 10.6. The van der Waals surface area contributed by atoms with Gasteiger partial charge in [-0.05, 0) is 38.3 Å². The number of aliphatic imine (C=N–C) groups is 1. The summed E-state index contributed by atoms with van der Waals surface area (Å²) >= 11 is 0. The molecule has 2 N–H and O–H groups in total. The average molecular weight is 515 g/mol. The van der Waals surface area contributed by atoms with Crippen molar-refractivity contribution in [2.45, 2.75) is 57.3 Å². The minimum absolute atomic E-state index is 0. The summed E-state index contributed by atoms with van der Waals surface area (Å²) in [4.78, 5) is 4.46. The number of para-hydroxylation sites is 2. The molecule has 6 nitrogen and oxygen atoms in total. The van der Waals surface area contributed by atoms with Gasteiger partial charge in [0.15, 0.2) is 17.5 Å². The number of fused-ring (bicyclic) bond motifs is 2. The van der Waals surface area contributed by atoms with Gasteiger partial charge >= 0.3 is 0 Å². The second-order valence-corrected chi connectivity index (χ2v) is 8.34. The molecule has 1 spiro atoms. The van der Waals surface area contributed by atoms with E-state index in [0.717, 1.165) is 30.5 Å². The van der Waals surface area contributed by atoms with Crippen LogP contribution in [0.25, 0.3) is 0 Å². The van der Waals surface area contributed by atoms with Gasteiger partial charge in [0.25, 0.3) is 0 Å². The number of nitrogens with one attached hydrogen (secondary N) is 2. The van der Waals surface area contributed by atoms with Crippen LogP contribution < -0.4 is 20.1 Å². The first kappa shape index (κ1) is 22.5. The second-order valence-electron chi connectivity index (χ2n) is 8.34. The summed E-state index contributed by atoms with van der Waals surface area (Å²) in [7, 11) is 3.50. The molecule has 2 saturated carbocycles. The highest BCUT2D eigenvalue weighted by Crippen LogP contribution is 2.60. The molecule has 1 aliphatic heterocycles. The normalized spacial score (nSPS) is 28.1. The number of ether oxygens (including phenoxy) is 3. The van der Waals surface area contributed by atoms with Crippen molar-refractivity contribution < 1.29 is 14.2 Å². The first-order chi connectivity index (χ1) is 13.7. The fraction of sp³-hybridized carbons (Fsp3) is 0.682. The molecule has 0 radical (unpaired) electrons. The van der Waals surface area contributed by atoms with Crippen LogP contribution in [-0.2, 0) is 4.74 Å². The largest absolute Gasteiger partial charge is 0.493 e. The third kappa shape index (κ3) is 4.31. The molecule has 1 aromatic rings. The van der Waals surface area contributed by atoms with Crippen LogP contribution in [0.15, 0.2) is 29.3 Å². The Morgan fingerprint density at radius 1 is 1.28 bits per heavy atom. The van der Waals surface area contributed by atoms with Crippen molar-refractivity contribution in [1.82, 2.24) is 10.6 Å². The number of halogens is 1. The van der Waals surface area contributed by atoms with Crippen LogP contribution in [0.1, 0.15) is 39.0 Å². The Kier molecular flexibility index (Phi) is 7.53. The maximum atomic E-state index is 6.09. The van der Waals surface area contributed by atoms with E-state index in [1.54, 1.807) is 7.11 Å². The Balaban J connectivity index is 0.00000240. The lowest BCUT2D eigenvalue weighted by Crippen LogP contribution is -2.69. The zero-order valence-corrected chi connectivity index (χ0v) is 20.0. The van der Waals surface area contributed by atoms with Crippen molar-refractivity contribution in [3.05, 3.63) is 24.3 Å². The van der Waals surface area contributed by atoms with Gasteiger partial charge in [0.1, 0.15) is 6.10 Å². The third-order valence-electron chi connectivity index (χ3n) is 6.76. The minimum atomic E-state index is -0.0146. The molecule has 1 heterocycles. The number of rotatable bonds is 6. The Bertz CT molecular complexity index is 708. The van der Waals surface area contributed by atoms with Gasteiger partial charge in [-0.1, -0.05) is 25.0 Å². The second kappa shape index (κ2) is 9.73. The molecule has 1 saturated heterocycles. The van der Waals surface area contributed by atoms with Crippen LogP contribution in [0.4, 0.5) is 0 Å². The van der Waals surface area contributed by atoms with Gasteiger partial charge in [-0.25, -0.2) is 0 Å². The van der Waals surface area contributed by atoms with Gasteiger partial charge < -0.3 is 24.8 Å². The van der Waals surface area contributed by atoms with Crippen molar-refractivity contribution in [3.8, 4) is 11.5 Å². The standard InChI is InChI=1S/C22H33N3O3.HI/c1-15(28-18-9-5-4-8-17(18)26-3)14-24-21(23-2)25-19-16-10-13-27-20(16)22(19)11-6-7-12-22;/h4-5,8-9,15-16,19-20H,6-7,10-14H2,1-3H3,(H2,23,24,25);1H. The van der Waals surface area contributed by atoms with Crippen LogP contribution in [0.5, 0.6) is 11.5 Å². The highest BCUT2D eigenvalue weighted by molar-refractivity contribution is 14.0. The highest BCUT2D eigenvalue weighted by atomic mass is 127. The summed E-state index contributed by atoms with van der Waals surface area (Å²) in [6.07, 6.45) is 6.79. The minimum Gasteiger partial charge on any atom is -0.493 e. The van der Waals surface area contributed by atoms with Crippen molar-refractivity contribution in [1.29, 1.82) is 0 Å². The van der Waals surface area contributed by atoms with E-state index >= 15 is 0 Å². The lowest BCUT2D eigenvalue weighted by Gasteiger charge is -2.57. The van der Waals surface area contributed by atoms with Crippen LogP contribution in [0.2, 0.25) is 0 Å². The Morgan fingerprint density at radius 2 is 2.00 bits per heavy atom. The molecule has 4 unspecified atom stereocenters. The predicted octanol–water partition coefficient (Wildman–Crippen LogP) is 3.59. The number of guanidine groups is 1. The van der Waals surface area contributed by atoms with E-state index in [1.165, 1.54) is 25.7 Å². The van der Waals surface area contributed by atoms with Crippen LogP contribution in [-0.4, -0.2) is 51.5 Å². The summed E-state index contributed by atoms with van der Waals surface area (Å²) < 4.78 is 17.5. The van der Waals surface area contributed by atoms with Crippen molar-refractivity contribution in [2.75, 3.05) is 27.3 Å². The molecule has 0 bridgehead atoms. The van der Waals surface area contributed by atoms with Gasteiger partial charge in [0.2, 0.25) is 0 Å². The van der Waals surface area contributed by atoms with Gasteiger partial charge in [-0.2, -0.15) is 0 Å². The number of hydrogen-bond acceptors (Lipinski definition) is 4. The molecule has 3 fully saturated rings. The molecule has 4 rings (SSSR count). The van der Waals surface area contributed by atoms with Gasteiger partial charge in [-0.3, -0.25) is 4.99 Å². The van der Waals surface area contributed by atoms with Crippen molar-refractivity contribution in [2.24, 2.45) is 16.3 Å². The lowest BCUT2D eigenvalue weighted by atomic mass is 9.54. The summed E-state index contributed by atoms with van der Waals surface area (Å²) in [5, 5.41) is 7.17. The first-order valence-electron chi connectivity index (χ1n) is 10.6. The Labute approximate surface area is 191 Å². The maximum Gasteiger partial charge on any atom is 0.191 e. The Morgan fingerprint density at radius 3 is 2.69 bits per heavy atom. The molecular weight excluding hydrogens is 481 g/mol. The smallest absolute Gasteiger partial charge is 0.191 e. The predicted molar refractivity (Wildman–Crippen MR) is 126 cm³/mol. The van der Waals surface area contributed by atoms with Crippen LogP contribution in [0.3, 0.4) is 0 Å². The number of hydrogen-bond donors (Lipinski definition) is 2. The molecule has 7 heteroatoms. The quantitative estimate of drug-likeness (QED) is 0.345. The molecule has 0 amide bonds. The maximum absolute atomic E-state index is 6.09. The van der Waals surface area contributed by atoms with Crippen LogP contribution >= 0.6 is 24.0 Å². The number of benzene rings is 1. The molecule has 29 heavy (non-hydrogen) atoms. The number of nitrogens with zero attached hydrogens (tertiary/aromatic N) is 1. The summed E-state index contributed by atoms with van der Waals surface area (Å²) in [6.45, 7) is 3.63. The van der Waals surface area contributed by atoms with Crippen molar-refractivity contribution >= 4 is 29.9 Å². The van der Waals surface area contributed by atoms with E-state index in [4.69, 9.17) is 14.2 Å². The average Bonchev–Trinajstić information content (AvgIpc) is 3.37. The highest BCUT2D eigenvalue weighted by Gasteiger charge is 2.65. The molecule has 162 valence electrons.